The Morgan fingerprint density at radius 2 is 1.73 bits per heavy atom. The van der Waals surface area contributed by atoms with Gasteiger partial charge in [0, 0.05) is 22.4 Å². The molecule has 0 saturated heterocycles. The second kappa shape index (κ2) is 10.5. The van der Waals surface area contributed by atoms with Crippen LogP contribution in [0.1, 0.15) is 11.3 Å². The summed E-state index contributed by atoms with van der Waals surface area (Å²) in [7, 11) is 0. The topological polar surface area (TPSA) is 105 Å². The summed E-state index contributed by atoms with van der Waals surface area (Å²) in [6.07, 6.45) is 0. The zero-order valence-corrected chi connectivity index (χ0v) is 18.8. The molecule has 8 heteroatoms. The van der Waals surface area contributed by atoms with E-state index in [1.165, 1.54) is 11.6 Å². The number of guanidine groups is 1. The van der Waals surface area contributed by atoms with Gasteiger partial charge in [0.15, 0.2) is 0 Å². The van der Waals surface area contributed by atoms with Crippen molar-refractivity contribution in [3.05, 3.63) is 107 Å². The first-order valence-corrected chi connectivity index (χ1v) is 11.3. The predicted molar refractivity (Wildman–Crippen MR) is 133 cm³/mol. The average Bonchev–Trinajstić information content (AvgIpc) is 2.80. The molecular weight excluding hydrogens is 434 g/mol. The maximum absolute atomic E-state index is 12.0. The summed E-state index contributed by atoms with van der Waals surface area (Å²) in [4.78, 5) is 24.4. The second-order valence-corrected chi connectivity index (χ2v) is 8.27. The standard InChI is InChI=1S/C25H23N5O2S/c1-17-7-13-22(14-8-17)33-16-19-15-23(31)29-25(28-19)30-24(26)27-18-9-11-21(12-10-18)32-20-5-3-2-4-6-20/h2-15H,16H2,1H3,(H4,26,27,28,29,30,31). The van der Waals surface area contributed by atoms with Gasteiger partial charge in [-0.3, -0.25) is 9.78 Å². The number of rotatable bonds is 7. The third-order valence-corrected chi connectivity index (χ3v) is 5.57. The number of aliphatic imine (C=N–C) groups is 1. The van der Waals surface area contributed by atoms with Gasteiger partial charge in [-0.2, -0.15) is 4.99 Å². The molecule has 7 nitrogen and oxygen atoms in total. The Labute approximate surface area is 195 Å². The maximum Gasteiger partial charge on any atom is 0.252 e. The lowest BCUT2D eigenvalue weighted by molar-refractivity contribution is 0.483. The summed E-state index contributed by atoms with van der Waals surface area (Å²) in [5.41, 5.74) is 8.29. The van der Waals surface area contributed by atoms with Crippen LogP contribution in [-0.2, 0) is 5.75 Å². The van der Waals surface area contributed by atoms with E-state index in [2.05, 4.69) is 32.4 Å². The highest BCUT2D eigenvalue weighted by molar-refractivity contribution is 7.98. The molecule has 0 aliphatic rings. The van der Waals surface area contributed by atoms with Crippen molar-refractivity contribution in [3.8, 4) is 11.5 Å². The van der Waals surface area contributed by atoms with Crippen LogP contribution < -0.4 is 21.3 Å². The van der Waals surface area contributed by atoms with Crippen LogP contribution in [0.4, 0.5) is 11.6 Å². The molecule has 4 rings (SSSR count). The number of ether oxygens (including phenoxy) is 1. The number of aromatic nitrogens is 2. The molecule has 0 fully saturated rings. The third-order valence-electron chi connectivity index (χ3n) is 4.52. The molecule has 4 N–H and O–H groups in total. The van der Waals surface area contributed by atoms with Gasteiger partial charge < -0.3 is 15.8 Å². The van der Waals surface area contributed by atoms with E-state index in [4.69, 9.17) is 10.5 Å². The Kier molecular flexibility index (Phi) is 7.06. The fraction of sp³-hybridized carbons (Fsp3) is 0.0800. The zero-order chi connectivity index (χ0) is 23.0. The second-order valence-electron chi connectivity index (χ2n) is 7.22. The summed E-state index contributed by atoms with van der Waals surface area (Å²) in [5.74, 6) is 2.27. The summed E-state index contributed by atoms with van der Waals surface area (Å²) >= 11 is 1.60. The van der Waals surface area contributed by atoms with Gasteiger partial charge in [-0.1, -0.05) is 35.9 Å². The highest BCUT2D eigenvalue weighted by Gasteiger charge is 2.04. The predicted octanol–water partition coefficient (Wildman–Crippen LogP) is 5.22. The van der Waals surface area contributed by atoms with Gasteiger partial charge in [-0.05, 0) is 55.5 Å². The van der Waals surface area contributed by atoms with Crippen molar-refractivity contribution in [3.63, 3.8) is 0 Å². The van der Waals surface area contributed by atoms with Crippen LogP contribution in [0.3, 0.4) is 0 Å². The highest BCUT2D eigenvalue weighted by Crippen LogP contribution is 2.23. The van der Waals surface area contributed by atoms with Crippen molar-refractivity contribution in [1.82, 2.24) is 9.97 Å². The van der Waals surface area contributed by atoms with Crippen LogP contribution in [0, 0.1) is 6.92 Å². The first-order valence-electron chi connectivity index (χ1n) is 10.3. The van der Waals surface area contributed by atoms with Gasteiger partial charge in [0.05, 0.1) is 5.69 Å². The fourth-order valence-electron chi connectivity index (χ4n) is 2.93. The van der Waals surface area contributed by atoms with Gasteiger partial charge >= 0.3 is 0 Å². The Hall–Kier alpha value is -4.04. The molecule has 0 radical (unpaired) electrons. The van der Waals surface area contributed by atoms with E-state index in [1.54, 1.807) is 11.8 Å². The van der Waals surface area contributed by atoms with Gasteiger partial charge in [0.2, 0.25) is 11.9 Å². The largest absolute Gasteiger partial charge is 0.457 e. The molecule has 1 aromatic heterocycles. The van der Waals surface area contributed by atoms with Gasteiger partial charge in [0.25, 0.3) is 5.56 Å². The van der Waals surface area contributed by atoms with E-state index in [-0.39, 0.29) is 17.5 Å². The molecule has 166 valence electrons. The van der Waals surface area contributed by atoms with Crippen molar-refractivity contribution in [2.24, 2.45) is 10.7 Å². The van der Waals surface area contributed by atoms with E-state index < -0.39 is 0 Å². The number of benzene rings is 3. The summed E-state index contributed by atoms with van der Waals surface area (Å²) in [6, 6.07) is 26.5. The number of nitrogens with zero attached hydrogens (tertiary/aromatic N) is 2. The smallest absolute Gasteiger partial charge is 0.252 e. The Morgan fingerprint density at radius 1 is 1.03 bits per heavy atom. The molecule has 33 heavy (non-hydrogen) atoms. The molecule has 0 amide bonds. The van der Waals surface area contributed by atoms with Crippen LogP contribution in [0.25, 0.3) is 0 Å². The molecule has 1 heterocycles. The van der Waals surface area contributed by atoms with Crippen LogP contribution in [0.5, 0.6) is 11.5 Å². The van der Waals surface area contributed by atoms with Crippen molar-refractivity contribution in [2.45, 2.75) is 17.6 Å². The lowest BCUT2D eigenvalue weighted by Crippen LogP contribution is -2.22. The first-order chi connectivity index (χ1) is 16.0. The van der Waals surface area contributed by atoms with E-state index in [0.717, 1.165) is 16.3 Å². The lowest BCUT2D eigenvalue weighted by Gasteiger charge is -2.08. The van der Waals surface area contributed by atoms with E-state index in [0.29, 0.717) is 17.2 Å². The summed E-state index contributed by atoms with van der Waals surface area (Å²) in [5, 5.41) is 2.99. The Bertz CT molecular complexity index is 1290. The molecule has 0 aliphatic carbocycles. The lowest BCUT2D eigenvalue weighted by atomic mass is 10.2. The quantitative estimate of drug-likeness (QED) is 0.200. The number of nitrogens with two attached hydrogens (primary N) is 1. The maximum atomic E-state index is 12.0. The van der Waals surface area contributed by atoms with Crippen molar-refractivity contribution in [2.75, 3.05) is 5.32 Å². The highest BCUT2D eigenvalue weighted by atomic mass is 32.2. The molecule has 0 saturated carbocycles. The van der Waals surface area contributed by atoms with Crippen LogP contribution >= 0.6 is 11.8 Å². The number of para-hydroxylation sites is 1. The van der Waals surface area contributed by atoms with E-state index in [1.807, 2.05) is 73.7 Å². The Morgan fingerprint density at radius 3 is 2.45 bits per heavy atom. The summed E-state index contributed by atoms with van der Waals surface area (Å²) in [6.45, 7) is 2.04. The first kappa shape index (κ1) is 22.2. The third kappa shape index (κ3) is 6.72. The van der Waals surface area contributed by atoms with Crippen molar-refractivity contribution >= 4 is 29.4 Å². The number of thioether (sulfide) groups is 1. The number of hydrogen-bond acceptors (Lipinski definition) is 5. The zero-order valence-electron chi connectivity index (χ0n) is 18.0. The number of H-pyrrole nitrogens is 1. The normalized spacial score (nSPS) is 11.2. The molecular formula is C25H23N5O2S. The fourth-order valence-corrected chi connectivity index (χ4v) is 3.72. The van der Waals surface area contributed by atoms with Crippen LogP contribution in [-0.4, -0.2) is 15.9 Å². The van der Waals surface area contributed by atoms with Crippen molar-refractivity contribution < 1.29 is 4.74 Å². The number of nitrogens with one attached hydrogen (secondary N) is 2. The monoisotopic (exact) mass is 457 g/mol. The molecule has 0 spiro atoms. The van der Waals surface area contributed by atoms with Crippen LogP contribution in [0.15, 0.2) is 99.6 Å². The summed E-state index contributed by atoms with van der Waals surface area (Å²) < 4.78 is 5.78. The number of aryl methyl sites for hydroxylation is 1. The molecule has 4 aromatic rings. The van der Waals surface area contributed by atoms with Gasteiger partial charge in [-0.25, -0.2) is 4.98 Å². The Balaban J connectivity index is 1.39. The minimum atomic E-state index is -0.279. The molecule has 0 atom stereocenters. The molecule has 0 unspecified atom stereocenters. The SMILES string of the molecule is Cc1ccc(SCc2cc(=O)[nH]c(N=C(N)Nc3ccc(Oc4ccccc4)cc3)n2)cc1. The van der Waals surface area contributed by atoms with Gasteiger partial charge in [-0.15, -0.1) is 11.8 Å². The molecule has 3 aromatic carbocycles. The van der Waals surface area contributed by atoms with Crippen LogP contribution in [0.2, 0.25) is 0 Å². The van der Waals surface area contributed by atoms with E-state index >= 15 is 0 Å². The van der Waals surface area contributed by atoms with E-state index in [9.17, 15) is 4.79 Å². The number of aromatic amines is 1. The number of hydrogen-bond donors (Lipinski definition) is 3. The minimum absolute atomic E-state index is 0.109. The molecule has 0 bridgehead atoms. The van der Waals surface area contributed by atoms with Crippen molar-refractivity contribution in [1.29, 1.82) is 0 Å². The average molecular weight is 458 g/mol. The molecule has 0 aliphatic heterocycles. The minimum Gasteiger partial charge on any atom is -0.457 e. The van der Waals surface area contributed by atoms with Gasteiger partial charge in [0.1, 0.15) is 11.5 Å². The number of anilines is 1.